The van der Waals surface area contributed by atoms with Crippen LogP contribution in [0.25, 0.3) is 0 Å². The third-order valence-corrected chi connectivity index (χ3v) is 7.72. The summed E-state index contributed by atoms with van der Waals surface area (Å²) in [5, 5.41) is 3.40. The van der Waals surface area contributed by atoms with Crippen molar-refractivity contribution in [3.8, 4) is 5.75 Å². The molecule has 6 rings (SSSR count). The minimum Gasteiger partial charge on any atom is -0.497 e. The molecule has 0 spiro atoms. The molecule has 3 atom stereocenters. The predicted octanol–water partition coefficient (Wildman–Crippen LogP) is 5.33. The Balaban J connectivity index is 1.44. The lowest BCUT2D eigenvalue weighted by Crippen LogP contribution is -2.49. The molecule has 0 radical (unpaired) electrons. The van der Waals surface area contributed by atoms with Crippen LogP contribution in [0.4, 0.5) is 0 Å². The average molecular weight is 467 g/mol. The Kier molecular flexibility index (Phi) is 5.56. The number of benzene rings is 3. The zero-order valence-corrected chi connectivity index (χ0v) is 19.9. The van der Waals surface area contributed by atoms with Crippen LogP contribution in [0.5, 0.6) is 5.75 Å². The van der Waals surface area contributed by atoms with E-state index in [-0.39, 0.29) is 29.9 Å². The van der Waals surface area contributed by atoms with Crippen LogP contribution in [0.3, 0.4) is 0 Å². The number of rotatable bonds is 5. The summed E-state index contributed by atoms with van der Waals surface area (Å²) in [6.07, 6.45) is 4.96. The first-order valence-electron chi connectivity index (χ1n) is 12.6. The van der Waals surface area contributed by atoms with Gasteiger partial charge >= 0.3 is 0 Å². The zero-order chi connectivity index (χ0) is 23.9. The second-order valence-electron chi connectivity index (χ2n) is 9.88. The van der Waals surface area contributed by atoms with Crippen LogP contribution in [0.1, 0.15) is 76.3 Å². The van der Waals surface area contributed by atoms with E-state index in [0.717, 1.165) is 49.0 Å². The molecule has 2 amide bonds. The summed E-state index contributed by atoms with van der Waals surface area (Å²) >= 11 is 0. The normalized spacial score (nSPS) is 23.3. The van der Waals surface area contributed by atoms with Crippen LogP contribution in [0.2, 0.25) is 0 Å². The number of nitrogens with zero attached hydrogens (tertiary/aromatic N) is 1. The molecule has 178 valence electrons. The maximum atomic E-state index is 14.2. The number of ether oxygens (including phenoxy) is 1. The summed E-state index contributed by atoms with van der Waals surface area (Å²) in [7, 11) is 1.64. The highest BCUT2D eigenvalue weighted by Gasteiger charge is 2.49. The summed E-state index contributed by atoms with van der Waals surface area (Å²) < 4.78 is 5.51. The number of fused-ring (bicyclic) bond motifs is 2. The maximum absolute atomic E-state index is 14.2. The van der Waals surface area contributed by atoms with Crippen molar-refractivity contribution in [3.63, 3.8) is 0 Å². The van der Waals surface area contributed by atoms with Gasteiger partial charge < -0.3 is 15.0 Å². The van der Waals surface area contributed by atoms with E-state index in [1.807, 2.05) is 59.5 Å². The van der Waals surface area contributed by atoms with Crippen molar-refractivity contribution >= 4 is 11.8 Å². The van der Waals surface area contributed by atoms with Crippen molar-refractivity contribution in [1.29, 1.82) is 0 Å². The molecule has 5 heteroatoms. The fraction of sp³-hybridized carbons (Fsp3) is 0.333. The Hall–Kier alpha value is -3.60. The lowest BCUT2D eigenvalue weighted by atomic mass is 9.78. The minimum atomic E-state index is -0.495. The van der Waals surface area contributed by atoms with Crippen LogP contribution in [0.15, 0.2) is 72.8 Å². The van der Waals surface area contributed by atoms with Gasteiger partial charge in [-0.1, -0.05) is 54.6 Å². The fourth-order valence-electron chi connectivity index (χ4n) is 5.93. The van der Waals surface area contributed by atoms with E-state index in [0.29, 0.717) is 5.56 Å². The lowest BCUT2D eigenvalue weighted by molar-refractivity contribution is -0.125. The summed E-state index contributed by atoms with van der Waals surface area (Å²) in [4.78, 5) is 29.9. The third-order valence-electron chi connectivity index (χ3n) is 7.72. The molecule has 0 bridgehead atoms. The van der Waals surface area contributed by atoms with Gasteiger partial charge in [-0.05, 0) is 72.6 Å². The molecule has 1 saturated carbocycles. The zero-order valence-electron chi connectivity index (χ0n) is 19.9. The summed E-state index contributed by atoms with van der Waals surface area (Å²) in [5.74, 6) is 0.226. The van der Waals surface area contributed by atoms with E-state index in [1.54, 1.807) is 7.11 Å². The lowest BCUT2D eigenvalue weighted by Gasteiger charge is -2.42. The van der Waals surface area contributed by atoms with Crippen molar-refractivity contribution in [2.45, 2.75) is 56.1 Å². The number of amides is 2. The third kappa shape index (κ3) is 3.89. The van der Waals surface area contributed by atoms with E-state index >= 15 is 0 Å². The van der Waals surface area contributed by atoms with Gasteiger partial charge in [-0.2, -0.15) is 0 Å². The highest BCUT2D eigenvalue weighted by molar-refractivity contribution is 6.01. The first kappa shape index (κ1) is 21.9. The van der Waals surface area contributed by atoms with Gasteiger partial charge in [-0.15, -0.1) is 0 Å². The van der Waals surface area contributed by atoms with Gasteiger partial charge in [0.05, 0.1) is 25.1 Å². The topological polar surface area (TPSA) is 58.6 Å². The van der Waals surface area contributed by atoms with E-state index < -0.39 is 5.92 Å². The number of carbonyl (C=O) groups excluding carboxylic acids is 2. The number of nitrogens with one attached hydrogen (secondary N) is 1. The van der Waals surface area contributed by atoms with Crippen molar-refractivity contribution in [2.75, 3.05) is 7.11 Å². The molecule has 3 aliphatic rings. The fourth-order valence-corrected chi connectivity index (χ4v) is 5.93. The number of methoxy groups -OCH3 is 1. The quantitative estimate of drug-likeness (QED) is 0.553. The smallest absolute Gasteiger partial charge is 0.254 e. The molecule has 3 aromatic carbocycles. The summed E-state index contributed by atoms with van der Waals surface area (Å²) in [6, 6.07) is 23.6. The Bertz CT molecular complexity index is 1280. The molecule has 1 aliphatic heterocycles. The molecule has 3 aromatic rings. The summed E-state index contributed by atoms with van der Waals surface area (Å²) in [5.41, 5.74) is 4.91. The van der Waals surface area contributed by atoms with Gasteiger partial charge in [0, 0.05) is 11.6 Å². The Morgan fingerprint density at radius 2 is 1.71 bits per heavy atom. The number of aryl methyl sites for hydroxylation is 1. The molecular weight excluding hydrogens is 436 g/mol. The van der Waals surface area contributed by atoms with Gasteiger partial charge in [-0.25, -0.2) is 0 Å². The SMILES string of the molecule is COc1cccc([C@@H]2[C@@H](C(=O)N[C@@H]3CCCc4ccccc43)c3ccccc3C(=O)N2C2CC2)c1. The van der Waals surface area contributed by atoms with Gasteiger partial charge in [-0.3, -0.25) is 9.59 Å². The molecule has 0 saturated heterocycles. The van der Waals surface area contributed by atoms with Gasteiger partial charge in [0.25, 0.3) is 5.91 Å². The Morgan fingerprint density at radius 1 is 0.943 bits per heavy atom. The summed E-state index contributed by atoms with van der Waals surface area (Å²) in [6.45, 7) is 0. The van der Waals surface area contributed by atoms with E-state index in [9.17, 15) is 9.59 Å². The van der Waals surface area contributed by atoms with E-state index in [2.05, 4.69) is 23.5 Å². The van der Waals surface area contributed by atoms with E-state index in [4.69, 9.17) is 4.74 Å². The Morgan fingerprint density at radius 3 is 2.51 bits per heavy atom. The molecule has 1 heterocycles. The van der Waals surface area contributed by atoms with Crippen molar-refractivity contribution in [1.82, 2.24) is 10.2 Å². The molecule has 0 unspecified atom stereocenters. The largest absolute Gasteiger partial charge is 0.497 e. The highest BCUT2D eigenvalue weighted by atomic mass is 16.5. The number of carbonyl (C=O) groups is 2. The van der Waals surface area contributed by atoms with E-state index in [1.165, 1.54) is 11.1 Å². The molecule has 5 nitrogen and oxygen atoms in total. The van der Waals surface area contributed by atoms with Crippen molar-refractivity contribution in [2.24, 2.45) is 0 Å². The molecular formula is C30H30N2O3. The Labute approximate surface area is 206 Å². The number of hydrogen-bond donors (Lipinski definition) is 1. The van der Waals surface area contributed by atoms with Crippen LogP contribution in [-0.2, 0) is 11.2 Å². The van der Waals surface area contributed by atoms with Gasteiger partial charge in [0.1, 0.15) is 5.75 Å². The van der Waals surface area contributed by atoms with Crippen LogP contribution in [-0.4, -0.2) is 29.9 Å². The standard InChI is InChI=1S/C30H30N2O3/c1-35-22-11-6-10-20(18-22)28-27(24-13-4-5-14-25(24)30(34)32(28)21-16-17-21)29(33)31-26-15-7-9-19-8-2-3-12-23(19)26/h2-6,8,10-14,18,21,26-28H,7,9,15-17H2,1H3,(H,31,33)/t26-,27+,28-/m1/s1. The second-order valence-corrected chi connectivity index (χ2v) is 9.88. The molecule has 1 fully saturated rings. The van der Waals surface area contributed by atoms with Crippen LogP contribution < -0.4 is 10.1 Å². The van der Waals surface area contributed by atoms with Crippen molar-refractivity contribution < 1.29 is 14.3 Å². The monoisotopic (exact) mass is 466 g/mol. The minimum absolute atomic E-state index is 0.0161. The highest BCUT2D eigenvalue weighted by Crippen LogP contribution is 2.48. The van der Waals surface area contributed by atoms with Crippen LogP contribution >= 0.6 is 0 Å². The van der Waals surface area contributed by atoms with Crippen molar-refractivity contribution in [3.05, 3.63) is 101 Å². The first-order valence-corrected chi connectivity index (χ1v) is 12.6. The molecule has 2 aliphatic carbocycles. The average Bonchev–Trinajstić information content (AvgIpc) is 3.74. The molecule has 35 heavy (non-hydrogen) atoms. The first-order chi connectivity index (χ1) is 17.2. The molecule has 0 aromatic heterocycles. The number of hydrogen-bond acceptors (Lipinski definition) is 3. The maximum Gasteiger partial charge on any atom is 0.254 e. The second kappa shape index (κ2) is 8.88. The molecule has 1 N–H and O–H groups in total. The van der Waals surface area contributed by atoms with Gasteiger partial charge in [0.15, 0.2) is 0 Å². The van der Waals surface area contributed by atoms with Gasteiger partial charge in [0.2, 0.25) is 5.91 Å². The predicted molar refractivity (Wildman–Crippen MR) is 134 cm³/mol. The van der Waals surface area contributed by atoms with Crippen LogP contribution in [0, 0.1) is 0 Å².